The Bertz CT molecular complexity index is 875. The number of aromatic hydroxyl groups is 1. The molecule has 3 rings (SSSR count). The summed E-state index contributed by atoms with van der Waals surface area (Å²) in [4.78, 5) is 41.4. The molecule has 1 aliphatic rings. The molecule has 2 N–H and O–H groups in total. The lowest BCUT2D eigenvalue weighted by Crippen LogP contribution is -2.43. The predicted molar refractivity (Wildman–Crippen MR) is 83.0 cm³/mol. The number of amides is 1. The van der Waals surface area contributed by atoms with Gasteiger partial charge < -0.3 is 19.7 Å². The van der Waals surface area contributed by atoms with Crippen molar-refractivity contribution >= 4 is 11.9 Å². The number of carbonyl (C=O) groups excluding carboxylic acids is 1. The summed E-state index contributed by atoms with van der Waals surface area (Å²) in [5.74, 6) is -2.82. The van der Waals surface area contributed by atoms with Gasteiger partial charge in [-0.25, -0.2) is 4.79 Å². The van der Waals surface area contributed by atoms with Crippen LogP contribution in [-0.4, -0.2) is 43.1 Å². The molecule has 0 spiro atoms. The molecule has 0 unspecified atom stereocenters. The molecule has 3 heterocycles. The van der Waals surface area contributed by atoms with Gasteiger partial charge in [0.2, 0.25) is 5.43 Å². The van der Waals surface area contributed by atoms with Gasteiger partial charge >= 0.3 is 5.97 Å². The van der Waals surface area contributed by atoms with Crippen LogP contribution in [0.4, 0.5) is 0 Å². The van der Waals surface area contributed by atoms with Gasteiger partial charge in [0.1, 0.15) is 5.56 Å². The summed E-state index contributed by atoms with van der Waals surface area (Å²) in [6.45, 7) is 2.32. The Kier molecular flexibility index (Phi) is 3.80. The zero-order valence-electron chi connectivity index (χ0n) is 12.8. The topological polar surface area (TPSA) is 113 Å². The second-order valence-corrected chi connectivity index (χ2v) is 5.64. The van der Waals surface area contributed by atoms with E-state index in [-0.39, 0.29) is 18.3 Å². The molecule has 8 nitrogen and oxygen atoms in total. The van der Waals surface area contributed by atoms with Crippen LogP contribution < -0.4 is 5.43 Å². The van der Waals surface area contributed by atoms with Crippen LogP contribution >= 0.6 is 0 Å². The van der Waals surface area contributed by atoms with E-state index in [4.69, 9.17) is 5.11 Å². The van der Waals surface area contributed by atoms with E-state index in [2.05, 4.69) is 4.98 Å². The number of aromatic nitrogens is 2. The van der Waals surface area contributed by atoms with Gasteiger partial charge in [0.25, 0.3) is 5.91 Å². The maximum Gasteiger partial charge on any atom is 0.341 e. The minimum absolute atomic E-state index is 0.195. The predicted octanol–water partition coefficient (Wildman–Crippen LogP) is 0.864. The molecule has 0 aliphatic carbocycles. The molecule has 0 bridgehead atoms. The largest absolute Gasteiger partial charge is 0.503 e. The standard InChI is InChI=1S/C16H15N3O5/c1-9-6-18(7-10-4-2-3-5-17-10)15(22)12-14(21)13(20)11(16(23)24)8-19(9)12/h2-5,8-9,21H,6-7H2,1H3,(H,23,24)/t9-/m0/s1. The summed E-state index contributed by atoms with van der Waals surface area (Å²) in [5, 5.41) is 19.1. The van der Waals surface area contributed by atoms with Crippen molar-refractivity contribution < 1.29 is 19.8 Å². The SMILES string of the molecule is C[C@H]1CN(Cc2ccccn2)C(=O)c2c(O)c(=O)c(C(=O)O)cn21. The quantitative estimate of drug-likeness (QED) is 0.864. The number of hydrogen-bond acceptors (Lipinski definition) is 5. The van der Waals surface area contributed by atoms with E-state index < -0.39 is 28.6 Å². The van der Waals surface area contributed by atoms with E-state index in [1.54, 1.807) is 31.3 Å². The summed E-state index contributed by atoms with van der Waals surface area (Å²) in [7, 11) is 0. The number of rotatable bonds is 3. The molecule has 0 saturated heterocycles. The molecule has 2 aromatic heterocycles. The van der Waals surface area contributed by atoms with Crippen molar-refractivity contribution in [3.8, 4) is 5.75 Å². The summed E-state index contributed by atoms with van der Waals surface area (Å²) >= 11 is 0. The number of fused-ring (bicyclic) bond motifs is 1. The third kappa shape index (κ3) is 2.51. The number of hydrogen-bond donors (Lipinski definition) is 2. The van der Waals surface area contributed by atoms with Crippen LogP contribution in [0.15, 0.2) is 35.4 Å². The molecule has 1 amide bonds. The smallest absolute Gasteiger partial charge is 0.341 e. The first kappa shape index (κ1) is 15.7. The Morgan fingerprint density at radius 3 is 2.75 bits per heavy atom. The number of carboxylic acids is 1. The fourth-order valence-electron chi connectivity index (χ4n) is 2.79. The first-order chi connectivity index (χ1) is 11.4. The molecular weight excluding hydrogens is 314 g/mol. The molecule has 2 aromatic rings. The number of carbonyl (C=O) groups is 2. The van der Waals surface area contributed by atoms with Crippen LogP contribution in [0.1, 0.15) is 39.5 Å². The molecule has 0 aromatic carbocycles. The van der Waals surface area contributed by atoms with Crippen molar-refractivity contribution in [1.82, 2.24) is 14.5 Å². The summed E-state index contributed by atoms with van der Waals surface area (Å²) < 4.78 is 1.34. The average Bonchev–Trinajstić information content (AvgIpc) is 2.55. The number of aromatic carboxylic acids is 1. The maximum absolute atomic E-state index is 12.7. The number of pyridine rings is 2. The zero-order chi connectivity index (χ0) is 17.4. The van der Waals surface area contributed by atoms with E-state index in [9.17, 15) is 19.5 Å². The highest BCUT2D eigenvalue weighted by Crippen LogP contribution is 2.27. The van der Waals surface area contributed by atoms with E-state index in [0.717, 1.165) is 6.20 Å². The minimum Gasteiger partial charge on any atom is -0.503 e. The van der Waals surface area contributed by atoms with Gasteiger partial charge in [0.15, 0.2) is 11.4 Å². The van der Waals surface area contributed by atoms with Crippen molar-refractivity contribution in [2.45, 2.75) is 19.5 Å². The van der Waals surface area contributed by atoms with Gasteiger partial charge in [-0.2, -0.15) is 0 Å². The Morgan fingerprint density at radius 2 is 2.12 bits per heavy atom. The van der Waals surface area contributed by atoms with Crippen LogP contribution in [0.3, 0.4) is 0 Å². The minimum atomic E-state index is -1.44. The summed E-state index contributed by atoms with van der Waals surface area (Å²) in [5.41, 5.74) is -1.14. The van der Waals surface area contributed by atoms with Gasteiger partial charge in [0, 0.05) is 25.0 Å². The molecule has 0 saturated carbocycles. The van der Waals surface area contributed by atoms with Crippen LogP contribution in [-0.2, 0) is 6.54 Å². The molecule has 1 atom stereocenters. The molecule has 8 heteroatoms. The fraction of sp³-hybridized carbons (Fsp3) is 0.250. The lowest BCUT2D eigenvalue weighted by molar-refractivity contribution is 0.0638. The third-order valence-corrected chi connectivity index (χ3v) is 3.97. The molecule has 124 valence electrons. The van der Waals surface area contributed by atoms with Gasteiger partial charge in [-0.1, -0.05) is 6.07 Å². The lowest BCUT2D eigenvalue weighted by atomic mass is 10.1. The Hall–Kier alpha value is -3.16. The second-order valence-electron chi connectivity index (χ2n) is 5.64. The van der Waals surface area contributed by atoms with Crippen LogP contribution in [0.25, 0.3) is 0 Å². The summed E-state index contributed by atoms with van der Waals surface area (Å²) in [6, 6.07) is 5.03. The second kappa shape index (κ2) is 5.80. The maximum atomic E-state index is 12.7. The number of carboxylic acid groups (broad SMARTS) is 1. The average molecular weight is 329 g/mol. The van der Waals surface area contributed by atoms with E-state index >= 15 is 0 Å². The van der Waals surface area contributed by atoms with Crippen LogP contribution in [0.2, 0.25) is 0 Å². The molecule has 0 fully saturated rings. The monoisotopic (exact) mass is 329 g/mol. The fourth-order valence-corrected chi connectivity index (χ4v) is 2.79. The van der Waals surface area contributed by atoms with Crippen molar-refractivity contribution in [3.05, 3.63) is 57.8 Å². The van der Waals surface area contributed by atoms with Gasteiger partial charge in [0.05, 0.1) is 12.2 Å². The number of nitrogens with zero attached hydrogens (tertiary/aromatic N) is 3. The molecule has 1 aliphatic heterocycles. The Morgan fingerprint density at radius 1 is 1.38 bits per heavy atom. The molecule has 24 heavy (non-hydrogen) atoms. The van der Waals surface area contributed by atoms with E-state index in [1.165, 1.54) is 9.47 Å². The van der Waals surface area contributed by atoms with Crippen LogP contribution in [0.5, 0.6) is 5.75 Å². The highest BCUT2D eigenvalue weighted by atomic mass is 16.4. The van der Waals surface area contributed by atoms with Crippen molar-refractivity contribution in [2.75, 3.05) is 6.54 Å². The molecular formula is C16H15N3O5. The summed E-state index contributed by atoms with van der Waals surface area (Å²) in [6.07, 6.45) is 2.72. The Balaban J connectivity index is 2.05. The van der Waals surface area contributed by atoms with Crippen LogP contribution in [0, 0.1) is 0 Å². The van der Waals surface area contributed by atoms with E-state index in [1.807, 2.05) is 0 Å². The highest BCUT2D eigenvalue weighted by Gasteiger charge is 2.34. The van der Waals surface area contributed by atoms with Gasteiger partial charge in [-0.3, -0.25) is 14.6 Å². The highest BCUT2D eigenvalue weighted by molar-refractivity contribution is 5.97. The normalized spacial score (nSPS) is 16.8. The van der Waals surface area contributed by atoms with Crippen molar-refractivity contribution in [2.24, 2.45) is 0 Å². The van der Waals surface area contributed by atoms with Gasteiger partial charge in [-0.05, 0) is 19.1 Å². The van der Waals surface area contributed by atoms with Crippen molar-refractivity contribution in [1.29, 1.82) is 0 Å². The first-order valence-corrected chi connectivity index (χ1v) is 7.30. The van der Waals surface area contributed by atoms with Crippen molar-refractivity contribution in [3.63, 3.8) is 0 Å². The van der Waals surface area contributed by atoms with E-state index in [0.29, 0.717) is 12.2 Å². The Labute approximate surface area is 136 Å². The van der Waals surface area contributed by atoms with Gasteiger partial charge in [-0.15, -0.1) is 0 Å². The first-order valence-electron chi connectivity index (χ1n) is 7.30. The zero-order valence-corrected chi connectivity index (χ0v) is 12.8. The third-order valence-electron chi connectivity index (χ3n) is 3.97. The lowest BCUT2D eigenvalue weighted by Gasteiger charge is -2.34. The molecule has 0 radical (unpaired) electrons.